The van der Waals surface area contributed by atoms with Crippen LogP contribution in [0.25, 0.3) is 22.5 Å². The summed E-state index contributed by atoms with van der Waals surface area (Å²) < 4.78 is 5.88. The molecule has 2 aromatic carbocycles. The number of hydrogen-bond acceptors (Lipinski definition) is 7. The van der Waals surface area contributed by atoms with Crippen molar-refractivity contribution in [2.24, 2.45) is 5.41 Å². The number of unbranched alkanes of at least 4 members (excludes halogenated alkanes) is 4. The Labute approximate surface area is 282 Å². The standard InChI is InChI=1S/C37H46N4O5S/c1-5-6-7-8-9-20-46-29-16-14-26(15-17-29)28-22-38-34(39-23-28)27-12-10-25(11-13-27)21-30(35(44)40-24-33(42)43)41-36(45)31-18-19-32(47-31)37(2,3)4/h10-17,19,22-23,30-31H,5-9,18,20-21,24H2,1-4H3,(H,40,44)(H,41,45)(H,42,43)/t30-,31?/m0/s1. The van der Waals surface area contributed by atoms with E-state index in [9.17, 15) is 14.4 Å². The van der Waals surface area contributed by atoms with E-state index >= 15 is 0 Å². The molecule has 2 atom stereocenters. The summed E-state index contributed by atoms with van der Waals surface area (Å²) in [7, 11) is 0. The van der Waals surface area contributed by atoms with Gasteiger partial charge in [-0.25, -0.2) is 9.97 Å². The average Bonchev–Trinajstić information content (AvgIpc) is 3.58. The quantitative estimate of drug-likeness (QED) is 0.143. The molecule has 0 fully saturated rings. The molecule has 0 saturated heterocycles. The Bertz CT molecular complexity index is 1520. The molecule has 0 saturated carbocycles. The first-order valence-corrected chi connectivity index (χ1v) is 17.2. The number of aromatic nitrogens is 2. The maximum Gasteiger partial charge on any atom is 0.322 e. The lowest BCUT2D eigenvalue weighted by Crippen LogP contribution is -2.50. The van der Waals surface area contributed by atoms with E-state index in [1.54, 1.807) is 12.4 Å². The number of aliphatic carboxylic acids is 1. The van der Waals surface area contributed by atoms with Gasteiger partial charge in [-0.2, -0.15) is 0 Å². The van der Waals surface area contributed by atoms with Gasteiger partial charge in [0.25, 0.3) is 0 Å². The zero-order valence-electron chi connectivity index (χ0n) is 27.8. The molecule has 1 aromatic heterocycles. The second kappa shape index (κ2) is 17.1. The van der Waals surface area contributed by atoms with Crippen LogP contribution in [-0.2, 0) is 20.8 Å². The third-order valence-electron chi connectivity index (χ3n) is 7.87. The molecule has 3 N–H and O–H groups in total. The van der Waals surface area contributed by atoms with Gasteiger partial charge in [-0.05, 0) is 46.4 Å². The van der Waals surface area contributed by atoms with E-state index in [4.69, 9.17) is 9.84 Å². The van der Waals surface area contributed by atoms with Gasteiger partial charge in [-0.3, -0.25) is 14.4 Å². The number of carbonyl (C=O) groups is 3. The van der Waals surface area contributed by atoms with E-state index < -0.39 is 24.5 Å². The number of hydrogen-bond donors (Lipinski definition) is 3. The topological polar surface area (TPSA) is 131 Å². The van der Waals surface area contributed by atoms with Crippen LogP contribution in [0, 0.1) is 5.41 Å². The van der Waals surface area contributed by atoms with E-state index in [2.05, 4.69) is 54.4 Å². The van der Waals surface area contributed by atoms with E-state index in [-0.39, 0.29) is 23.0 Å². The fourth-order valence-corrected chi connectivity index (χ4v) is 6.38. The summed E-state index contributed by atoms with van der Waals surface area (Å²) in [6.07, 6.45) is 12.5. The van der Waals surface area contributed by atoms with Crippen molar-refractivity contribution in [1.82, 2.24) is 20.6 Å². The Morgan fingerprint density at radius 2 is 1.60 bits per heavy atom. The normalized spacial score (nSPS) is 15.1. The zero-order chi connectivity index (χ0) is 33.8. The SMILES string of the molecule is CCCCCCCOc1ccc(-c2cnc(-c3ccc(C[C@H](NC(=O)C4CC=C(C(C)(C)C)S4)C(=O)NCC(=O)O)cc3)nc2)cc1. The van der Waals surface area contributed by atoms with Gasteiger partial charge >= 0.3 is 5.97 Å². The second-order valence-corrected chi connectivity index (χ2v) is 14.1. The maximum atomic E-state index is 13.1. The molecule has 0 spiro atoms. The third-order valence-corrected chi connectivity index (χ3v) is 9.60. The minimum absolute atomic E-state index is 0.0581. The van der Waals surface area contributed by atoms with Gasteiger partial charge in [0.15, 0.2) is 5.82 Å². The summed E-state index contributed by atoms with van der Waals surface area (Å²) in [6, 6.07) is 14.5. The van der Waals surface area contributed by atoms with Crippen LogP contribution in [-0.4, -0.2) is 57.3 Å². The van der Waals surface area contributed by atoms with Crippen molar-refractivity contribution < 1.29 is 24.2 Å². The molecule has 0 aliphatic carbocycles. The van der Waals surface area contributed by atoms with E-state index in [1.807, 2.05) is 48.5 Å². The summed E-state index contributed by atoms with van der Waals surface area (Å²) in [5, 5.41) is 14.0. The van der Waals surface area contributed by atoms with Crippen molar-refractivity contribution in [1.29, 1.82) is 0 Å². The van der Waals surface area contributed by atoms with Gasteiger partial charge in [0.2, 0.25) is 11.8 Å². The number of carbonyl (C=O) groups excluding carboxylic acids is 2. The Kier molecular flexibility index (Phi) is 13.0. The van der Waals surface area contributed by atoms with Crippen LogP contribution in [0.3, 0.4) is 0 Å². The van der Waals surface area contributed by atoms with Crippen LogP contribution in [0.4, 0.5) is 0 Å². The number of nitrogens with one attached hydrogen (secondary N) is 2. The lowest BCUT2D eigenvalue weighted by molar-refractivity contribution is -0.138. The van der Waals surface area contributed by atoms with Crippen molar-refractivity contribution in [3.05, 3.63) is 77.5 Å². The Balaban J connectivity index is 1.35. The summed E-state index contributed by atoms with van der Waals surface area (Å²) in [5.74, 6) is -0.526. The van der Waals surface area contributed by atoms with Gasteiger partial charge < -0.3 is 20.5 Å². The number of nitrogens with zero attached hydrogens (tertiary/aromatic N) is 2. The molecule has 0 bridgehead atoms. The summed E-state index contributed by atoms with van der Waals surface area (Å²) >= 11 is 1.51. The second-order valence-electron chi connectivity index (χ2n) is 12.8. The molecule has 2 amide bonds. The Morgan fingerprint density at radius 3 is 2.21 bits per heavy atom. The predicted molar refractivity (Wildman–Crippen MR) is 187 cm³/mol. The largest absolute Gasteiger partial charge is 0.494 e. The van der Waals surface area contributed by atoms with Crippen LogP contribution in [0.2, 0.25) is 0 Å². The molecule has 10 heteroatoms. The fourth-order valence-electron chi connectivity index (χ4n) is 5.16. The van der Waals surface area contributed by atoms with Crippen LogP contribution in [0.1, 0.15) is 71.8 Å². The molecule has 0 radical (unpaired) electrons. The van der Waals surface area contributed by atoms with Gasteiger partial charge in [0.05, 0.1) is 11.9 Å². The molecule has 1 unspecified atom stereocenters. The van der Waals surface area contributed by atoms with Gasteiger partial charge in [0.1, 0.15) is 18.3 Å². The Hall–Kier alpha value is -4.18. The van der Waals surface area contributed by atoms with Gasteiger partial charge in [-0.15, -0.1) is 11.8 Å². The highest BCUT2D eigenvalue weighted by molar-refractivity contribution is 8.04. The number of amides is 2. The molecular weight excluding hydrogens is 612 g/mol. The minimum atomic E-state index is -1.15. The highest BCUT2D eigenvalue weighted by atomic mass is 32.2. The molecule has 3 aromatic rings. The van der Waals surface area contributed by atoms with E-state index in [0.29, 0.717) is 12.2 Å². The smallest absolute Gasteiger partial charge is 0.322 e. The van der Waals surface area contributed by atoms with Crippen LogP contribution in [0.5, 0.6) is 5.75 Å². The van der Waals surface area contributed by atoms with Crippen molar-refractivity contribution in [2.45, 2.75) is 83.9 Å². The Morgan fingerprint density at radius 1 is 0.936 bits per heavy atom. The van der Waals surface area contributed by atoms with Crippen molar-refractivity contribution in [3.8, 4) is 28.3 Å². The molecule has 1 aliphatic rings. The first-order chi connectivity index (χ1) is 22.5. The highest BCUT2D eigenvalue weighted by Gasteiger charge is 2.32. The molecule has 47 heavy (non-hydrogen) atoms. The van der Waals surface area contributed by atoms with Gasteiger partial charge in [0, 0.05) is 29.9 Å². The third kappa shape index (κ3) is 10.9. The summed E-state index contributed by atoms with van der Waals surface area (Å²) in [5.41, 5.74) is 3.45. The molecule has 4 rings (SSSR count). The maximum absolute atomic E-state index is 13.1. The molecule has 1 aliphatic heterocycles. The number of rotatable bonds is 16. The van der Waals surface area contributed by atoms with Crippen molar-refractivity contribution in [3.63, 3.8) is 0 Å². The lowest BCUT2D eigenvalue weighted by atomic mass is 9.95. The van der Waals surface area contributed by atoms with Crippen LogP contribution < -0.4 is 15.4 Å². The highest BCUT2D eigenvalue weighted by Crippen LogP contribution is 2.43. The molecular formula is C37H46N4O5S. The van der Waals surface area contributed by atoms with E-state index in [1.165, 1.54) is 37.4 Å². The molecule has 250 valence electrons. The van der Waals surface area contributed by atoms with Crippen LogP contribution >= 0.6 is 11.8 Å². The van der Waals surface area contributed by atoms with E-state index in [0.717, 1.165) is 45.9 Å². The summed E-state index contributed by atoms with van der Waals surface area (Å²) in [4.78, 5) is 47.4. The fraction of sp³-hybridized carbons (Fsp3) is 0.432. The lowest BCUT2D eigenvalue weighted by Gasteiger charge is -2.23. The minimum Gasteiger partial charge on any atom is -0.494 e. The number of ether oxygens (including phenoxy) is 1. The number of allylic oxidation sites excluding steroid dienone is 2. The number of carboxylic acids is 1. The first kappa shape index (κ1) is 35.7. The molecule has 2 heterocycles. The average molecular weight is 659 g/mol. The number of benzene rings is 2. The first-order valence-electron chi connectivity index (χ1n) is 16.3. The van der Waals surface area contributed by atoms with Crippen molar-refractivity contribution >= 4 is 29.5 Å². The number of thioether (sulfide) groups is 1. The zero-order valence-corrected chi connectivity index (χ0v) is 28.6. The summed E-state index contributed by atoms with van der Waals surface area (Å²) in [6.45, 7) is 8.71. The van der Waals surface area contributed by atoms with Crippen molar-refractivity contribution in [2.75, 3.05) is 13.2 Å². The predicted octanol–water partition coefficient (Wildman–Crippen LogP) is 6.82. The number of carboxylic acid groups (broad SMARTS) is 1. The molecule has 9 nitrogen and oxygen atoms in total. The monoisotopic (exact) mass is 658 g/mol. The van der Waals surface area contributed by atoms with Crippen LogP contribution in [0.15, 0.2) is 71.9 Å². The van der Waals surface area contributed by atoms with Gasteiger partial charge in [-0.1, -0.05) is 95.9 Å².